The second kappa shape index (κ2) is 8.81. The molecule has 0 saturated carbocycles. The molecule has 11 heteroatoms. The number of aryl methyl sites for hydroxylation is 1. The lowest BCUT2D eigenvalue weighted by Crippen LogP contribution is -2.58. The van der Waals surface area contributed by atoms with Gasteiger partial charge in [0, 0.05) is 37.2 Å². The monoisotopic (exact) mass is 495 g/mol. The van der Waals surface area contributed by atoms with Crippen molar-refractivity contribution >= 4 is 23.3 Å². The summed E-state index contributed by atoms with van der Waals surface area (Å²) in [6.45, 7) is 10.7. The van der Waals surface area contributed by atoms with Crippen LogP contribution in [0, 0.1) is 11.7 Å². The summed E-state index contributed by atoms with van der Waals surface area (Å²) in [7, 11) is 0. The van der Waals surface area contributed by atoms with Crippen LogP contribution >= 0.6 is 0 Å². The molecule has 190 valence electrons. The second-order valence-corrected chi connectivity index (χ2v) is 10.5. The van der Waals surface area contributed by atoms with Crippen LogP contribution < -0.4 is 10.9 Å². The Bertz CT molecular complexity index is 1400. The number of nitrogens with zero attached hydrogens (tertiary/aromatic N) is 6. The summed E-state index contributed by atoms with van der Waals surface area (Å²) in [4.78, 5) is 47.7. The Labute approximate surface area is 207 Å². The first-order chi connectivity index (χ1) is 17.0. The van der Waals surface area contributed by atoms with Gasteiger partial charge in [-0.05, 0) is 39.3 Å². The molecule has 0 radical (unpaired) electrons. The molecule has 2 amide bonds. The van der Waals surface area contributed by atoms with Crippen LogP contribution in [-0.2, 0) is 24.3 Å². The van der Waals surface area contributed by atoms with Gasteiger partial charge in [-0.2, -0.15) is 9.61 Å². The van der Waals surface area contributed by atoms with Crippen molar-refractivity contribution in [1.82, 2.24) is 29.0 Å². The zero-order valence-corrected chi connectivity index (χ0v) is 20.9. The minimum Gasteiger partial charge on any atom is -0.332 e. The minimum atomic E-state index is -0.512. The normalized spacial score (nSPS) is 16.5. The van der Waals surface area contributed by atoms with Gasteiger partial charge in [0.1, 0.15) is 29.5 Å². The fraction of sp³-hybridized carbons (Fsp3) is 0.480. The highest BCUT2D eigenvalue weighted by Crippen LogP contribution is 2.29. The summed E-state index contributed by atoms with van der Waals surface area (Å²) in [5, 5.41) is 7.03. The summed E-state index contributed by atoms with van der Waals surface area (Å²) >= 11 is 0. The number of hydrogen-bond acceptors (Lipinski definition) is 6. The molecule has 1 saturated heterocycles. The van der Waals surface area contributed by atoms with Crippen molar-refractivity contribution in [3.05, 3.63) is 57.5 Å². The molecule has 0 spiro atoms. The molecule has 0 aliphatic carbocycles. The van der Waals surface area contributed by atoms with E-state index >= 15 is 0 Å². The minimum absolute atomic E-state index is 0.0781. The molecule has 3 aromatic heterocycles. The first-order valence-corrected chi connectivity index (χ1v) is 12.1. The number of nitrogens with one attached hydrogen (secondary N) is 1. The standard InChI is InChI=1S/C25H30FN7O3/c1-5-17-8-21-32(14-20(34)28-19-7-6-16(26)9-27-19)22-18(23(35)33(21)29-17)13-30(24(22)36)10-15-11-31(12-15)25(2,3)4/h6-9,15H,5,10-14H2,1-4H3,(H,27,28,34). The van der Waals surface area contributed by atoms with Gasteiger partial charge in [0.15, 0.2) is 0 Å². The van der Waals surface area contributed by atoms with Crippen LogP contribution in [0.1, 0.15) is 49.4 Å². The summed E-state index contributed by atoms with van der Waals surface area (Å²) in [5.41, 5.74) is 1.38. The zero-order valence-electron chi connectivity index (χ0n) is 20.9. The highest BCUT2D eigenvalue weighted by Gasteiger charge is 2.40. The van der Waals surface area contributed by atoms with Crippen molar-refractivity contribution in [2.75, 3.05) is 25.0 Å². The number of hydrogen-bond donors (Lipinski definition) is 1. The lowest BCUT2D eigenvalue weighted by molar-refractivity contribution is -0.116. The third-order valence-electron chi connectivity index (χ3n) is 6.91. The van der Waals surface area contributed by atoms with E-state index in [0.717, 1.165) is 19.3 Å². The van der Waals surface area contributed by atoms with Gasteiger partial charge in [-0.15, -0.1) is 0 Å². The fourth-order valence-electron chi connectivity index (χ4n) is 4.87. The maximum absolute atomic E-state index is 13.6. The van der Waals surface area contributed by atoms with Gasteiger partial charge < -0.3 is 14.8 Å². The van der Waals surface area contributed by atoms with Crippen LogP contribution in [-0.4, -0.2) is 66.0 Å². The van der Waals surface area contributed by atoms with E-state index in [1.165, 1.54) is 16.6 Å². The molecule has 0 bridgehead atoms. The molecular weight excluding hydrogens is 465 g/mol. The first-order valence-electron chi connectivity index (χ1n) is 12.1. The van der Waals surface area contributed by atoms with E-state index < -0.39 is 11.7 Å². The summed E-state index contributed by atoms with van der Waals surface area (Å²) in [6, 6.07) is 4.29. The molecule has 3 aromatic rings. The molecule has 0 unspecified atom stereocenters. The number of amides is 2. The predicted octanol–water partition coefficient (Wildman–Crippen LogP) is 1.92. The Morgan fingerprint density at radius 2 is 1.97 bits per heavy atom. The van der Waals surface area contributed by atoms with Crippen LogP contribution in [0.2, 0.25) is 0 Å². The van der Waals surface area contributed by atoms with Gasteiger partial charge in [0.2, 0.25) is 5.91 Å². The largest absolute Gasteiger partial charge is 0.332 e. The van der Waals surface area contributed by atoms with Crippen molar-refractivity contribution in [1.29, 1.82) is 0 Å². The maximum atomic E-state index is 13.6. The quantitative estimate of drug-likeness (QED) is 0.560. The summed E-state index contributed by atoms with van der Waals surface area (Å²) in [5.74, 6) is -0.700. The summed E-state index contributed by atoms with van der Waals surface area (Å²) < 4.78 is 16.0. The third kappa shape index (κ3) is 4.27. The molecule has 10 nitrogen and oxygen atoms in total. The van der Waals surface area contributed by atoms with Crippen LogP contribution in [0.5, 0.6) is 0 Å². The second-order valence-electron chi connectivity index (χ2n) is 10.5. The number of rotatable bonds is 6. The van der Waals surface area contributed by atoms with E-state index in [9.17, 15) is 18.8 Å². The molecule has 0 aromatic carbocycles. The number of aromatic nitrogens is 4. The Morgan fingerprint density at radius 1 is 1.22 bits per heavy atom. The fourth-order valence-corrected chi connectivity index (χ4v) is 4.87. The van der Waals surface area contributed by atoms with E-state index in [1.807, 2.05) is 6.92 Å². The van der Waals surface area contributed by atoms with E-state index in [1.54, 1.807) is 15.5 Å². The van der Waals surface area contributed by atoms with Gasteiger partial charge in [0.25, 0.3) is 11.5 Å². The van der Waals surface area contributed by atoms with Crippen molar-refractivity contribution in [2.45, 2.75) is 52.7 Å². The number of fused-ring (bicyclic) bond motifs is 2. The number of anilines is 1. The number of carbonyl (C=O) groups is 2. The molecule has 5 rings (SSSR count). The Kier molecular flexibility index (Phi) is 5.90. The molecule has 2 aliphatic heterocycles. The molecule has 36 heavy (non-hydrogen) atoms. The van der Waals surface area contributed by atoms with E-state index in [-0.39, 0.29) is 41.6 Å². The highest BCUT2D eigenvalue weighted by atomic mass is 19.1. The third-order valence-corrected chi connectivity index (χ3v) is 6.91. The highest BCUT2D eigenvalue weighted by molar-refractivity contribution is 5.98. The van der Waals surface area contributed by atoms with Crippen molar-refractivity contribution in [2.24, 2.45) is 5.92 Å². The number of halogens is 1. The van der Waals surface area contributed by atoms with Crippen LogP contribution in [0.15, 0.2) is 29.2 Å². The van der Waals surface area contributed by atoms with Crippen molar-refractivity contribution in [3.8, 4) is 0 Å². The zero-order chi connectivity index (χ0) is 25.8. The molecule has 1 N–H and O–H groups in total. The predicted molar refractivity (Wildman–Crippen MR) is 131 cm³/mol. The average molecular weight is 496 g/mol. The molecule has 1 fully saturated rings. The number of pyridine rings is 1. The van der Waals surface area contributed by atoms with E-state index in [0.29, 0.717) is 35.8 Å². The van der Waals surface area contributed by atoms with Crippen LogP contribution in [0.25, 0.3) is 5.65 Å². The molecule has 0 atom stereocenters. The lowest BCUT2D eigenvalue weighted by atomic mass is 9.92. The SMILES string of the molecule is CCc1cc2n(CC(=O)Nc3ccc(F)cn3)c3c(c(=O)n2n1)CN(CC1CN(C(C)(C)C)C1)C3=O. The van der Waals surface area contributed by atoms with Gasteiger partial charge in [0.05, 0.1) is 24.0 Å². The van der Waals surface area contributed by atoms with Crippen LogP contribution in [0.3, 0.4) is 0 Å². The van der Waals surface area contributed by atoms with Crippen molar-refractivity contribution < 1.29 is 14.0 Å². The Balaban J connectivity index is 1.45. The van der Waals surface area contributed by atoms with Crippen molar-refractivity contribution in [3.63, 3.8) is 0 Å². The van der Waals surface area contributed by atoms with Crippen LogP contribution in [0.4, 0.5) is 10.2 Å². The Morgan fingerprint density at radius 3 is 2.61 bits per heavy atom. The average Bonchev–Trinajstić information content (AvgIpc) is 3.36. The van der Waals surface area contributed by atoms with E-state index in [2.05, 4.69) is 41.1 Å². The molecular formula is C25H30FN7O3. The van der Waals surface area contributed by atoms with Gasteiger partial charge >= 0.3 is 0 Å². The maximum Gasteiger partial charge on any atom is 0.280 e. The smallest absolute Gasteiger partial charge is 0.280 e. The number of likely N-dealkylation sites (tertiary alicyclic amines) is 1. The first kappa shape index (κ1) is 24.1. The molecule has 2 aliphatic rings. The van der Waals surface area contributed by atoms with Gasteiger partial charge in [-0.1, -0.05) is 6.92 Å². The number of carbonyl (C=O) groups excluding carboxylic acids is 2. The molecule has 5 heterocycles. The summed E-state index contributed by atoms with van der Waals surface area (Å²) in [6.07, 6.45) is 1.61. The van der Waals surface area contributed by atoms with E-state index in [4.69, 9.17) is 0 Å². The topological polar surface area (TPSA) is 105 Å². The lowest BCUT2D eigenvalue weighted by Gasteiger charge is -2.48. The Hall–Kier alpha value is -3.60. The van der Waals surface area contributed by atoms with Gasteiger partial charge in [-0.3, -0.25) is 19.3 Å². The van der Waals surface area contributed by atoms with Gasteiger partial charge in [-0.25, -0.2) is 9.37 Å².